The van der Waals surface area contributed by atoms with E-state index in [0.717, 1.165) is 11.3 Å². The van der Waals surface area contributed by atoms with E-state index in [1.165, 1.54) is 63.7 Å². The molecule has 4 aliphatic rings. The summed E-state index contributed by atoms with van der Waals surface area (Å²) in [7, 11) is -6.14. The molecule has 4 atom stereocenters. The molecule has 2 fully saturated rings. The monoisotopic (exact) mass is 788 g/mol. The van der Waals surface area contributed by atoms with Crippen LogP contribution in [0.3, 0.4) is 0 Å². The van der Waals surface area contributed by atoms with Crippen LogP contribution >= 0.6 is 15.8 Å². The Morgan fingerprint density at radius 3 is 0.938 bits per heavy atom. The Labute approximate surface area is 307 Å². The van der Waals surface area contributed by atoms with Gasteiger partial charge in [0.15, 0.2) is 0 Å². The first-order valence-electron chi connectivity index (χ1n) is 17.3. The summed E-state index contributed by atoms with van der Waals surface area (Å²) in [5.74, 6) is 0. The van der Waals surface area contributed by atoms with Crippen molar-refractivity contribution in [3.8, 4) is 0 Å². The molecular formula is C40H56BF4P2Rh-. The second-order valence-corrected chi connectivity index (χ2v) is 20.9. The van der Waals surface area contributed by atoms with Gasteiger partial charge in [0.2, 0.25) is 0 Å². The van der Waals surface area contributed by atoms with Gasteiger partial charge in [-0.05, 0) is 148 Å². The quantitative estimate of drug-likeness (QED) is 0.153. The van der Waals surface area contributed by atoms with Gasteiger partial charge in [0.05, 0.1) is 0 Å². The Hall–Kier alpha value is -0.292. The number of fused-ring (bicyclic) bond motifs is 2. The fraction of sp³-hybridized carbons (Fsp3) is 0.500. The molecule has 0 aromatic heterocycles. The molecule has 2 saturated carbocycles. The van der Waals surface area contributed by atoms with Gasteiger partial charge < -0.3 is 17.3 Å². The van der Waals surface area contributed by atoms with Crippen LogP contribution in [0.5, 0.6) is 0 Å². The van der Waals surface area contributed by atoms with Crippen LogP contribution in [0.1, 0.15) is 126 Å². The van der Waals surface area contributed by atoms with Gasteiger partial charge in [0, 0.05) is 30.8 Å². The molecule has 0 spiro atoms. The van der Waals surface area contributed by atoms with Crippen molar-refractivity contribution in [1.29, 1.82) is 0 Å². The Kier molecular flexibility index (Phi) is 19.5. The zero-order valence-electron chi connectivity index (χ0n) is 29.8. The standard InChI is InChI=1S/C24H32P2.2C8H12.BF4.Rh/c1-23(2,3)25-15-17-11-7-9-13-19(17)21(25)22-20-14-10-8-12-18(20)16-26(22)24(4,5)6;2*1-2-4-6-8-7-5-3-1;2-1(3,4)5;/h7-14,21-22H,15-16H2,1-6H3;2*1-2,7-8H,3-6H2;;/q;;;-1;/t21-,22-,25-,26-;;;;/m0..../s1. The van der Waals surface area contributed by atoms with Crippen LogP contribution < -0.4 is 0 Å². The van der Waals surface area contributed by atoms with E-state index in [-0.39, 0.29) is 35.3 Å². The van der Waals surface area contributed by atoms with E-state index in [1.54, 1.807) is 22.3 Å². The first kappa shape index (κ1) is 43.9. The molecule has 2 aliphatic carbocycles. The molecule has 0 unspecified atom stereocenters. The molecule has 2 aliphatic heterocycles. The van der Waals surface area contributed by atoms with Gasteiger partial charge in [-0.25, -0.2) is 0 Å². The molecule has 0 saturated heterocycles. The molecular weight excluding hydrogens is 732 g/mol. The molecule has 9 radical (unpaired) electrons. The van der Waals surface area contributed by atoms with Crippen molar-refractivity contribution in [1.82, 2.24) is 0 Å². The maximum Gasteiger partial charge on any atom is 0.673 e. The molecule has 6 rings (SSSR count). The SMILES string of the molecule is CC(C)(C)[P@@]1Cc2ccccc2[C@H]1[C@@H]1c2ccccc2C[P@]1C(C)(C)C.F[B-](F)(F)F.[CH]1[CH]CC[CH][CH]CC1.[CH]1[CH]CC[CH][CH]CC1.[Rh]. The predicted octanol–water partition coefficient (Wildman–Crippen LogP) is 14.1. The summed E-state index contributed by atoms with van der Waals surface area (Å²) in [6.07, 6.45) is 30.6. The van der Waals surface area contributed by atoms with E-state index < -0.39 is 7.25 Å². The summed E-state index contributed by atoms with van der Waals surface area (Å²) in [5, 5.41) is 0.797. The van der Waals surface area contributed by atoms with E-state index in [2.05, 4.69) is 141 Å². The van der Waals surface area contributed by atoms with Crippen molar-refractivity contribution in [3.05, 3.63) is 122 Å². The molecule has 0 N–H and O–H groups in total. The number of hydrogen-bond acceptors (Lipinski definition) is 0. The maximum absolute atomic E-state index is 9.75. The Balaban J connectivity index is 0.000000296. The van der Waals surface area contributed by atoms with Gasteiger partial charge >= 0.3 is 7.25 Å². The summed E-state index contributed by atoms with van der Waals surface area (Å²) in [4.78, 5) is 0. The summed E-state index contributed by atoms with van der Waals surface area (Å²) in [5.41, 5.74) is 8.07. The van der Waals surface area contributed by atoms with Crippen LogP contribution in [-0.4, -0.2) is 17.6 Å². The number of halogens is 4. The Morgan fingerprint density at radius 1 is 0.479 bits per heavy atom. The van der Waals surface area contributed by atoms with Crippen LogP contribution in [0, 0.1) is 51.4 Å². The third kappa shape index (κ3) is 15.1. The zero-order valence-corrected chi connectivity index (χ0v) is 33.2. The van der Waals surface area contributed by atoms with Gasteiger partial charge in [0.1, 0.15) is 0 Å². The van der Waals surface area contributed by atoms with E-state index in [0.29, 0.717) is 10.3 Å². The Bertz CT molecular complexity index is 1040. The molecule has 0 bridgehead atoms. The first-order chi connectivity index (χ1) is 22.2. The minimum Gasteiger partial charge on any atom is -0.418 e. The van der Waals surface area contributed by atoms with E-state index >= 15 is 0 Å². The van der Waals surface area contributed by atoms with Crippen molar-refractivity contribution in [3.63, 3.8) is 0 Å². The fourth-order valence-corrected chi connectivity index (χ4v) is 14.0. The average Bonchev–Trinajstić information content (AvgIpc) is 3.51. The fourth-order valence-electron chi connectivity index (χ4n) is 6.54. The van der Waals surface area contributed by atoms with Gasteiger partial charge in [-0.15, -0.1) is 0 Å². The molecule has 267 valence electrons. The Morgan fingerprint density at radius 2 is 0.708 bits per heavy atom. The van der Waals surface area contributed by atoms with E-state index in [1.807, 2.05) is 0 Å². The average molecular weight is 789 g/mol. The van der Waals surface area contributed by atoms with E-state index in [9.17, 15) is 17.3 Å². The van der Waals surface area contributed by atoms with Crippen molar-refractivity contribution >= 4 is 23.1 Å². The zero-order chi connectivity index (χ0) is 34.5. The predicted molar refractivity (Wildman–Crippen MR) is 201 cm³/mol. The van der Waals surface area contributed by atoms with Gasteiger partial charge in [-0.1, -0.05) is 106 Å². The first-order valence-corrected chi connectivity index (χ1v) is 20.5. The van der Waals surface area contributed by atoms with Gasteiger partial charge in [0.25, 0.3) is 0 Å². The second kappa shape index (κ2) is 21.3. The molecule has 48 heavy (non-hydrogen) atoms. The molecule has 0 amide bonds. The number of hydrogen-bond donors (Lipinski definition) is 0. The molecule has 8 heteroatoms. The smallest absolute Gasteiger partial charge is 0.418 e. The molecule has 2 aromatic rings. The number of benzene rings is 2. The minimum atomic E-state index is -6.00. The van der Waals surface area contributed by atoms with Crippen LogP contribution in [0.2, 0.25) is 0 Å². The van der Waals surface area contributed by atoms with Gasteiger partial charge in [-0.2, -0.15) is 0 Å². The number of rotatable bonds is 1. The summed E-state index contributed by atoms with van der Waals surface area (Å²) >= 11 is 0. The summed E-state index contributed by atoms with van der Waals surface area (Å²) in [6, 6.07) is 18.7. The van der Waals surface area contributed by atoms with Crippen LogP contribution in [0.25, 0.3) is 0 Å². The van der Waals surface area contributed by atoms with Crippen molar-refractivity contribution in [2.24, 2.45) is 0 Å². The van der Waals surface area contributed by atoms with Crippen molar-refractivity contribution in [2.45, 2.75) is 127 Å². The minimum absolute atomic E-state index is 0. The van der Waals surface area contributed by atoms with Crippen LogP contribution in [-0.2, 0) is 31.8 Å². The second-order valence-electron chi connectivity index (χ2n) is 14.6. The van der Waals surface area contributed by atoms with Gasteiger partial charge in [-0.3, -0.25) is 0 Å². The maximum atomic E-state index is 9.75. The largest absolute Gasteiger partial charge is 0.673 e. The van der Waals surface area contributed by atoms with E-state index in [4.69, 9.17) is 0 Å². The molecule has 2 aromatic carbocycles. The van der Waals surface area contributed by atoms with Crippen LogP contribution in [0.4, 0.5) is 17.3 Å². The topological polar surface area (TPSA) is 0 Å². The molecule has 0 nitrogen and oxygen atoms in total. The third-order valence-corrected chi connectivity index (χ3v) is 16.3. The normalized spacial score (nSPS) is 24.5. The third-order valence-electron chi connectivity index (χ3n) is 8.79. The van der Waals surface area contributed by atoms with Crippen molar-refractivity contribution < 1.29 is 36.7 Å². The summed E-state index contributed by atoms with van der Waals surface area (Å²) < 4.78 is 39.0. The summed E-state index contributed by atoms with van der Waals surface area (Å²) in [6.45, 7) is 14.9. The molecule has 2 heterocycles. The van der Waals surface area contributed by atoms with Crippen molar-refractivity contribution in [2.75, 3.05) is 0 Å². The van der Waals surface area contributed by atoms with Crippen LogP contribution in [0.15, 0.2) is 48.5 Å².